The van der Waals surface area contributed by atoms with E-state index in [4.69, 9.17) is 15.5 Å². The van der Waals surface area contributed by atoms with E-state index in [1.807, 2.05) is 0 Å². The fraction of sp³-hybridized carbons (Fsp3) is 0.815. The first-order valence-electron chi connectivity index (χ1n) is 14.2. The molecule has 0 aromatic heterocycles. The highest BCUT2D eigenvalue weighted by Crippen LogP contribution is 2.23. The quantitative estimate of drug-likeness (QED) is 0.407. The Morgan fingerprint density at radius 3 is 2.43 bits per heavy atom. The number of hydrogen-bond donors (Lipinski definition) is 3. The molecule has 1 aliphatic carbocycles. The number of allylic oxidation sites excluding steroid dienone is 2. The van der Waals surface area contributed by atoms with Gasteiger partial charge in [0.15, 0.2) is 0 Å². The van der Waals surface area contributed by atoms with Crippen molar-refractivity contribution in [3.05, 3.63) is 23.7 Å². The van der Waals surface area contributed by atoms with Gasteiger partial charge in [0.25, 0.3) is 0 Å². The number of amidine groups is 1. The fourth-order valence-electron chi connectivity index (χ4n) is 5.69. The molecule has 0 aromatic carbocycles. The lowest BCUT2D eigenvalue weighted by Gasteiger charge is -2.40. The zero-order valence-electron chi connectivity index (χ0n) is 22.0. The predicted molar refractivity (Wildman–Crippen MR) is 144 cm³/mol. The Bertz CT molecular complexity index is 717. The first-order valence-corrected chi connectivity index (χ1v) is 14.2. The number of piperazine rings is 1. The van der Waals surface area contributed by atoms with Crippen molar-refractivity contribution in [1.29, 1.82) is 0 Å². The summed E-state index contributed by atoms with van der Waals surface area (Å²) in [6, 6.07) is 0.731. The first-order chi connectivity index (χ1) is 17.2. The molecule has 1 unspecified atom stereocenters. The van der Waals surface area contributed by atoms with E-state index >= 15 is 0 Å². The van der Waals surface area contributed by atoms with Gasteiger partial charge >= 0.3 is 0 Å². The zero-order valence-corrected chi connectivity index (χ0v) is 22.0. The maximum absolute atomic E-state index is 6.37. The molecular weight excluding hydrogens is 438 g/mol. The lowest BCUT2D eigenvalue weighted by molar-refractivity contribution is 0.0306. The molecule has 3 heterocycles. The van der Waals surface area contributed by atoms with E-state index in [0.717, 1.165) is 103 Å². The van der Waals surface area contributed by atoms with Crippen molar-refractivity contribution < 1.29 is 4.74 Å². The van der Waals surface area contributed by atoms with Crippen LogP contribution in [0.25, 0.3) is 0 Å². The number of hydrogen-bond acceptors (Lipinski definition) is 8. The lowest BCUT2D eigenvalue weighted by atomic mass is 9.95. The molecule has 3 fully saturated rings. The third kappa shape index (κ3) is 8.77. The van der Waals surface area contributed by atoms with E-state index in [0.29, 0.717) is 11.8 Å². The molecule has 4 aliphatic rings. The topological polar surface area (TPSA) is 81.4 Å². The van der Waals surface area contributed by atoms with Crippen LogP contribution in [0.3, 0.4) is 0 Å². The van der Waals surface area contributed by atoms with Gasteiger partial charge in [-0.3, -0.25) is 9.80 Å². The van der Waals surface area contributed by atoms with Gasteiger partial charge in [-0.1, -0.05) is 26.2 Å². The molecule has 0 amide bonds. The maximum Gasteiger partial charge on any atom is 0.127 e. The number of morpholine rings is 1. The molecule has 1 atom stereocenters. The molecule has 0 radical (unpaired) electrons. The summed E-state index contributed by atoms with van der Waals surface area (Å²) >= 11 is 0. The van der Waals surface area contributed by atoms with Gasteiger partial charge in [0.1, 0.15) is 11.7 Å². The fourth-order valence-corrected chi connectivity index (χ4v) is 5.69. The number of rotatable bonds is 10. The second kappa shape index (κ2) is 14.2. The van der Waals surface area contributed by atoms with Crippen LogP contribution < -0.4 is 16.4 Å². The zero-order chi connectivity index (χ0) is 24.3. The minimum absolute atomic E-state index is 0.439. The molecule has 4 N–H and O–H groups in total. The number of aliphatic imine (C=N–C) groups is 1. The van der Waals surface area contributed by atoms with Crippen molar-refractivity contribution in [2.75, 3.05) is 78.7 Å². The average molecular weight is 488 g/mol. The van der Waals surface area contributed by atoms with Gasteiger partial charge < -0.3 is 26.0 Å². The first kappa shape index (κ1) is 26.5. The standard InChI is InChI=1S/C27H49N7O/c1-23-8-9-27(30-11-5-10-29-24-6-3-2-4-7-24)31-26(28)22-25(23)34-16-14-32(15-17-34)12-13-33-18-20-35-21-19-33/h9,22-24,29-30H,2-8,10-21H2,1H3,(H2,28,31)/b25-22?,27-9+. The number of nitrogens with one attached hydrogen (secondary N) is 2. The minimum Gasteiger partial charge on any atom is -0.384 e. The molecule has 2 saturated heterocycles. The summed E-state index contributed by atoms with van der Waals surface area (Å²) < 4.78 is 5.47. The van der Waals surface area contributed by atoms with Crippen molar-refractivity contribution in [3.63, 3.8) is 0 Å². The van der Waals surface area contributed by atoms with Crippen LogP contribution in [0.5, 0.6) is 0 Å². The molecular formula is C27H49N7O. The van der Waals surface area contributed by atoms with Crippen LogP contribution in [0.4, 0.5) is 0 Å². The highest BCUT2D eigenvalue weighted by atomic mass is 16.5. The van der Waals surface area contributed by atoms with Crippen LogP contribution in [-0.4, -0.2) is 105 Å². The Balaban J connectivity index is 1.18. The van der Waals surface area contributed by atoms with E-state index in [1.54, 1.807) is 0 Å². The Kier molecular flexibility index (Phi) is 10.7. The second-order valence-corrected chi connectivity index (χ2v) is 10.7. The summed E-state index contributed by atoms with van der Waals surface area (Å²) in [6.07, 6.45) is 13.3. The normalized spacial score (nSPS) is 27.4. The van der Waals surface area contributed by atoms with Crippen molar-refractivity contribution in [3.8, 4) is 0 Å². The van der Waals surface area contributed by atoms with Gasteiger partial charge in [0.2, 0.25) is 0 Å². The SMILES string of the molecule is CC1C/C=C(\NCCCNC2CCCCC2)N=C(N)C=C1N1CCN(CCN2CCOCC2)CC1. The molecule has 0 bridgehead atoms. The van der Waals surface area contributed by atoms with Gasteiger partial charge in [-0.05, 0) is 50.3 Å². The predicted octanol–water partition coefficient (Wildman–Crippen LogP) is 1.96. The number of nitrogens with zero attached hydrogens (tertiary/aromatic N) is 4. The lowest BCUT2D eigenvalue weighted by Crippen LogP contribution is -2.49. The van der Waals surface area contributed by atoms with Crippen LogP contribution in [0.2, 0.25) is 0 Å². The molecule has 0 spiro atoms. The molecule has 198 valence electrons. The monoisotopic (exact) mass is 487 g/mol. The Morgan fingerprint density at radius 1 is 0.971 bits per heavy atom. The molecule has 8 heteroatoms. The smallest absolute Gasteiger partial charge is 0.127 e. The second-order valence-electron chi connectivity index (χ2n) is 10.7. The summed E-state index contributed by atoms with van der Waals surface area (Å²) in [5.74, 6) is 1.98. The molecule has 3 aliphatic heterocycles. The van der Waals surface area contributed by atoms with Gasteiger partial charge in [0, 0.05) is 70.6 Å². The van der Waals surface area contributed by atoms with Crippen LogP contribution in [0.15, 0.2) is 28.7 Å². The third-order valence-electron chi connectivity index (χ3n) is 7.99. The van der Waals surface area contributed by atoms with E-state index in [2.05, 4.69) is 44.4 Å². The van der Waals surface area contributed by atoms with Gasteiger partial charge in [-0.25, -0.2) is 4.99 Å². The van der Waals surface area contributed by atoms with Crippen LogP contribution in [-0.2, 0) is 4.74 Å². The third-order valence-corrected chi connectivity index (χ3v) is 7.99. The summed E-state index contributed by atoms with van der Waals surface area (Å²) in [5.41, 5.74) is 7.71. The van der Waals surface area contributed by atoms with E-state index < -0.39 is 0 Å². The molecule has 0 aromatic rings. The van der Waals surface area contributed by atoms with Crippen molar-refractivity contribution >= 4 is 5.84 Å². The van der Waals surface area contributed by atoms with E-state index in [-0.39, 0.29) is 0 Å². The summed E-state index contributed by atoms with van der Waals surface area (Å²) in [7, 11) is 0. The highest BCUT2D eigenvalue weighted by molar-refractivity contribution is 5.92. The molecule has 1 saturated carbocycles. The molecule has 35 heavy (non-hydrogen) atoms. The van der Waals surface area contributed by atoms with Gasteiger partial charge in [-0.15, -0.1) is 0 Å². The number of nitrogens with two attached hydrogens (primary N) is 1. The summed E-state index contributed by atoms with van der Waals surface area (Å²) in [6.45, 7) is 14.9. The van der Waals surface area contributed by atoms with Gasteiger partial charge in [0.05, 0.1) is 13.2 Å². The largest absolute Gasteiger partial charge is 0.384 e. The van der Waals surface area contributed by atoms with Crippen LogP contribution in [0, 0.1) is 5.92 Å². The van der Waals surface area contributed by atoms with Crippen molar-refractivity contribution in [2.45, 2.75) is 57.9 Å². The highest BCUT2D eigenvalue weighted by Gasteiger charge is 2.23. The molecule has 8 nitrogen and oxygen atoms in total. The molecule has 4 rings (SSSR count). The van der Waals surface area contributed by atoms with E-state index in [9.17, 15) is 0 Å². The van der Waals surface area contributed by atoms with E-state index in [1.165, 1.54) is 37.8 Å². The Labute approximate surface area is 213 Å². The average Bonchev–Trinajstić information content (AvgIpc) is 2.89. The van der Waals surface area contributed by atoms with Gasteiger partial charge in [-0.2, -0.15) is 0 Å². The minimum atomic E-state index is 0.439. The van der Waals surface area contributed by atoms with Crippen molar-refractivity contribution in [1.82, 2.24) is 25.3 Å². The maximum atomic E-state index is 6.37. The van der Waals surface area contributed by atoms with Crippen molar-refractivity contribution in [2.24, 2.45) is 16.6 Å². The summed E-state index contributed by atoms with van der Waals surface area (Å²) in [5, 5.41) is 7.23. The Morgan fingerprint density at radius 2 is 1.69 bits per heavy atom. The summed E-state index contributed by atoms with van der Waals surface area (Å²) in [4.78, 5) is 12.3. The van der Waals surface area contributed by atoms with Crippen LogP contribution in [0.1, 0.15) is 51.9 Å². The van der Waals surface area contributed by atoms with Crippen LogP contribution >= 0.6 is 0 Å². The number of ether oxygens (including phenoxy) is 1. The Hall–Kier alpha value is -1.61.